The number of nitrogens with two attached hydrogens (primary N) is 1. The average Bonchev–Trinajstić information content (AvgIpc) is 2.80. The Bertz CT molecular complexity index is 536. The molecule has 3 nitrogen and oxygen atoms in total. The van der Waals surface area contributed by atoms with E-state index in [2.05, 4.69) is 59.1 Å². The molecule has 0 aliphatic rings. The highest BCUT2D eigenvalue weighted by Gasteiger charge is 2.17. The SMILES string of the molecule is CCSc1ccc(C(N)c2c(Br)cnn2CC)cc1. The van der Waals surface area contributed by atoms with E-state index < -0.39 is 0 Å². The van der Waals surface area contributed by atoms with E-state index in [9.17, 15) is 0 Å². The van der Waals surface area contributed by atoms with Gasteiger partial charge in [0.25, 0.3) is 0 Å². The van der Waals surface area contributed by atoms with Crippen LogP contribution in [0.4, 0.5) is 0 Å². The molecular weight excluding hydrogens is 322 g/mol. The van der Waals surface area contributed by atoms with Crippen molar-refractivity contribution < 1.29 is 0 Å². The van der Waals surface area contributed by atoms with Gasteiger partial charge in [0.1, 0.15) is 0 Å². The van der Waals surface area contributed by atoms with E-state index in [0.717, 1.165) is 28.0 Å². The molecule has 2 rings (SSSR count). The molecule has 1 atom stereocenters. The van der Waals surface area contributed by atoms with Crippen LogP contribution in [0.25, 0.3) is 0 Å². The summed E-state index contributed by atoms with van der Waals surface area (Å²) in [4.78, 5) is 1.28. The largest absolute Gasteiger partial charge is 0.319 e. The fourth-order valence-electron chi connectivity index (χ4n) is 2.03. The third-order valence-corrected chi connectivity index (χ3v) is 4.48. The van der Waals surface area contributed by atoms with Crippen molar-refractivity contribution in [2.24, 2.45) is 5.73 Å². The monoisotopic (exact) mass is 339 g/mol. The Morgan fingerprint density at radius 1 is 1.32 bits per heavy atom. The Hall–Kier alpha value is -0.780. The summed E-state index contributed by atoms with van der Waals surface area (Å²) in [6.45, 7) is 5.04. The van der Waals surface area contributed by atoms with Gasteiger partial charge in [0.05, 0.1) is 22.4 Å². The van der Waals surface area contributed by atoms with Crippen LogP contribution < -0.4 is 5.73 Å². The van der Waals surface area contributed by atoms with Gasteiger partial charge in [-0.2, -0.15) is 5.10 Å². The number of aryl methyl sites for hydroxylation is 1. The standard InChI is InChI=1S/C14H18BrN3S/c1-3-18-14(12(15)9-17-18)13(16)10-5-7-11(8-6-10)19-4-2/h5-9,13H,3-4,16H2,1-2H3. The summed E-state index contributed by atoms with van der Waals surface area (Å²) in [6, 6.07) is 8.30. The van der Waals surface area contributed by atoms with Gasteiger partial charge in [-0.05, 0) is 46.3 Å². The summed E-state index contributed by atoms with van der Waals surface area (Å²) in [5.41, 5.74) is 8.50. The van der Waals surface area contributed by atoms with Crippen molar-refractivity contribution in [3.63, 3.8) is 0 Å². The van der Waals surface area contributed by atoms with Gasteiger partial charge in [-0.1, -0.05) is 19.1 Å². The highest BCUT2D eigenvalue weighted by Crippen LogP contribution is 2.28. The van der Waals surface area contributed by atoms with Crippen LogP contribution in [-0.2, 0) is 6.54 Å². The van der Waals surface area contributed by atoms with Crippen molar-refractivity contribution in [1.82, 2.24) is 9.78 Å². The van der Waals surface area contributed by atoms with Gasteiger partial charge in [0.2, 0.25) is 0 Å². The predicted octanol–water partition coefficient (Wildman–Crippen LogP) is 3.83. The minimum atomic E-state index is -0.155. The van der Waals surface area contributed by atoms with Crippen LogP contribution in [0.3, 0.4) is 0 Å². The molecule has 0 amide bonds. The summed E-state index contributed by atoms with van der Waals surface area (Å²) >= 11 is 5.36. The second-order valence-corrected chi connectivity index (χ2v) is 6.36. The van der Waals surface area contributed by atoms with Gasteiger partial charge < -0.3 is 5.73 Å². The van der Waals surface area contributed by atoms with Gasteiger partial charge in [0, 0.05) is 11.4 Å². The van der Waals surface area contributed by atoms with E-state index in [1.807, 2.05) is 16.4 Å². The maximum absolute atomic E-state index is 6.36. The number of thioether (sulfide) groups is 1. The van der Waals surface area contributed by atoms with Crippen LogP contribution >= 0.6 is 27.7 Å². The molecule has 1 heterocycles. The normalized spacial score (nSPS) is 12.6. The topological polar surface area (TPSA) is 43.8 Å². The molecule has 0 radical (unpaired) electrons. The summed E-state index contributed by atoms with van der Waals surface area (Å²) in [5, 5.41) is 4.31. The first kappa shape index (κ1) is 14.6. The number of halogens is 1. The number of nitrogens with zero attached hydrogens (tertiary/aromatic N) is 2. The third kappa shape index (κ3) is 3.22. The number of hydrogen-bond donors (Lipinski definition) is 1. The lowest BCUT2D eigenvalue weighted by atomic mass is 10.0. The van der Waals surface area contributed by atoms with Crippen LogP contribution in [0, 0.1) is 0 Å². The van der Waals surface area contributed by atoms with E-state index >= 15 is 0 Å². The van der Waals surface area contributed by atoms with Gasteiger partial charge >= 0.3 is 0 Å². The van der Waals surface area contributed by atoms with Crippen LogP contribution in [0.1, 0.15) is 31.1 Å². The molecule has 5 heteroatoms. The minimum absolute atomic E-state index is 0.155. The molecule has 1 aromatic carbocycles. The van der Waals surface area contributed by atoms with Gasteiger partial charge in [0.15, 0.2) is 0 Å². The molecule has 0 bridgehead atoms. The highest BCUT2D eigenvalue weighted by molar-refractivity contribution is 9.10. The number of rotatable bonds is 5. The van der Waals surface area contributed by atoms with Crippen molar-refractivity contribution in [2.45, 2.75) is 31.3 Å². The van der Waals surface area contributed by atoms with Crippen LogP contribution in [0.15, 0.2) is 39.8 Å². The Balaban J connectivity index is 2.27. The number of hydrogen-bond acceptors (Lipinski definition) is 3. The number of aromatic nitrogens is 2. The molecule has 0 fully saturated rings. The number of benzene rings is 1. The lowest BCUT2D eigenvalue weighted by Crippen LogP contribution is -2.17. The highest BCUT2D eigenvalue weighted by atomic mass is 79.9. The third-order valence-electron chi connectivity index (χ3n) is 2.98. The first-order chi connectivity index (χ1) is 9.17. The first-order valence-electron chi connectivity index (χ1n) is 6.36. The molecule has 1 aromatic heterocycles. The van der Waals surface area contributed by atoms with E-state index in [0.29, 0.717) is 0 Å². The second kappa shape index (κ2) is 6.59. The zero-order chi connectivity index (χ0) is 13.8. The predicted molar refractivity (Wildman–Crippen MR) is 84.5 cm³/mol. The van der Waals surface area contributed by atoms with Crippen molar-refractivity contribution >= 4 is 27.7 Å². The molecule has 102 valence electrons. The van der Waals surface area contributed by atoms with Crippen LogP contribution in [0.5, 0.6) is 0 Å². The second-order valence-electron chi connectivity index (χ2n) is 4.17. The average molecular weight is 340 g/mol. The van der Waals surface area contributed by atoms with Gasteiger partial charge in [-0.15, -0.1) is 11.8 Å². The molecule has 2 aromatic rings. The smallest absolute Gasteiger partial charge is 0.0738 e. The zero-order valence-corrected chi connectivity index (χ0v) is 13.5. The maximum atomic E-state index is 6.36. The summed E-state index contributed by atoms with van der Waals surface area (Å²) in [5.74, 6) is 1.08. The Kier molecular flexibility index (Phi) is 5.07. The Labute approximate surface area is 126 Å². The van der Waals surface area contributed by atoms with Gasteiger partial charge in [-0.3, -0.25) is 4.68 Å². The van der Waals surface area contributed by atoms with E-state index in [4.69, 9.17) is 5.73 Å². The maximum Gasteiger partial charge on any atom is 0.0738 e. The lowest BCUT2D eigenvalue weighted by molar-refractivity contribution is 0.599. The molecule has 0 aliphatic heterocycles. The van der Waals surface area contributed by atoms with Crippen molar-refractivity contribution in [3.05, 3.63) is 46.2 Å². The molecular formula is C14H18BrN3S. The van der Waals surface area contributed by atoms with E-state index in [-0.39, 0.29) is 6.04 Å². The summed E-state index contributed by atoms with van der Waals surface area (Å²) in [6.07, 6.45) is 1.81. The lowest BCUT2D eigenvalue weighted by Gasteiger charge is -2.15. The first-order valence-corrected chi connectivity index (χ1v) is 8.14. The molecule has 1 unspecified atom stereocenters. The summed E-state index contributed by atoms with van der Waals surface area (Å²) < 4.78 is 2.90. The fraction of sp³-hybridized carbons (Fsp3) is 0.357. The van der Waals surface area contributed by atoms with Crippen molar-refractivity contribution in [1.29, 1.82) is 0 Å². The molecule has 2 N–H and O–H groups in total. The fourth-order valence-corrected chi connectivity index (χ4v) is 3.23. The molecule has 0 spiro atoms. The zero-order valence-electron chi connectivity index (χ0n) is 11.1. The van der Waals surface area contributed by atoms with Gasteiger partial charge in [-0.25, -0.2) is 0 Å². The van der Waals surface area contributed by atoms with Crippen LogP contribution in [-0.4, -0.2) is 15.5 Å². The van der Waals surface area contributed by atoms with E-state index in [1.165, 1.54) is 4.90 Å². The van der Waals surface area contributed by atoms with Crippen LogP contribution in [0.2, 0.25) is 0 Å². The van der Waals surface area contributed by atoms with Crippen molar-refractivity contribution in [2.75, 3.05) is 5.75 Å². The Morgan fingerprint density at radius 2 is 2.00 bits per heavy atom. The molecule has 0 aliphatic carbocycles. The minimum Gasteiger partial charge on any atom is -0.319 e. The molecule has 0 saturated carbocycles. The summed E-state index contributed by atoms with van der Waals surface area (Å²) in [7, 11) is 0. The Morgan fingerprint density at radius 3 is 2.58 bits per heavy atom. The van der Waals surface area contributed by atoms with E-state index in [1.54, 1.807) is 6.20 Å². The molecule has 0 saturated heterocycles. The molecule has 19 heavy (non-hydrogen) atoms. The van der Waals surface area contributed by atoms with Crippen molar-refractivity contribution in [3.8, 4) is 0 Å². The quantitative estimate of drug-likeness (QED) is 0.842.